The average molecular weight is 414 g/mol. The fraction of sp³-hybridized carbons (Fsp3) is 0.304. The molecule has 0 N–H and O–H groups in total. The van der Waals surface area contributed by atoms with E-state index in [1.54, 1.807) is 17.0 Å². The summed E-state index contributed by atoms with van der Waals surface area (Å²) in [7, 11) is 0. The van der Waals surface area contributed by atoms with Crippen molar-refractivity contribution in [1.82, 2.24) is 0 Å². The van der Waals surface area contributed by atoms with Gasteiger partial charge in [-0.15, -0.1) is 0 Å². The molecular weight excluding hydrogens is 393 g/mol. The Balaban J connectivity index is 1.88. The molecule has 2 aliphatic rings. The normalized spacial score (nSPS) is 21.7. The van der Waals surface area contributed by atoms with Gasteiger partial charge in [-0.1, -0.05) is 49.2 Å². The highest BCUT2D eigenvalue weighted by Crippen LogP contribution is 2.48. The number of rotatable bonds is 2. The van der Waals surface area contributed by atoms with E-state index in [1.165, 1.54) is 0 Å². The highest BCUT2D eigenvalue weighted by atomic mass is 35.5. The Bertz CT molecular complexity index is 975. The van der Waals surface area contributed by atoms with Gasteiger partial charge in [-0.3, -0.25) is 14.5 Å². The van der Waals surface area contributed by atoms with Gasteiger partial charge in [0.2, 0.25) is 5.91 Å². The number of Topliss-reactive ketones (excluding diaryl/α,β-unsaturated/α-hetero) is 1. The van der Waals surface area contributed by atoms with E-state index in [0.717, 1.165) is 22.5 Å². The van der Waals surface area contributed by atoms with Crippen LogP contribution in [0.4, 0.5) is 5.69 Å². The van der Waals surface area contributed by atoms with Crippen molar-refractivity contribution in [3.63, 3.8) is 0 Å². The minimum atomic E-state index is -0.230. The molecule has 1 heterocycles. The van der Waals surface area contributed by atoms with Gasteiger partial charge in [0.05, 0.1) is 0 Å². The molecule has 1 amide bonds. The third-order valence-electron chi connectivity index (χ3n) is 5.50. The van der Waals surface area contributed by atoms with Gasteiger partial charge < -0.3 is 0 Å². The molecule has 28 heavy (non-hydrogen) atoms. The van der Waals surface area contributed by atoms with E-state index in [9.17, 15) is 9.59 Å². The maximum Gasteiger partial charge on any atom is 0.232 e. The third kappa shape index (κ3) is 3.49. The Hall–Kier alpha value is -2.10. The molecule has 0 spiro atoms. The summed E-state index contributed by atoms with van der Waals surface area (Å²) in [6.45, 7) is 4.15. The van der Waals surface area contributed by atoms with Crippen LogP contribution in [-0.4, -0.2) is 11.7 Å². The second kappa shape index (κ2) is 7.06. The first-order valence-corrected chi connectivity index (χ1v) is 10.1. The zero-order valence-electron chi connectivity index (χ0n) is 15.8. The van der Waals surface area contributed by atoms with Crippen LogP contribution in [-0.2, 0) is 9.59 Å². The zero-order valence-corrected chi connectivity index (χ0v) is 17.3. The number of nitrogens with zero attached hydrogens (tertiary/aromatic N) is 1. The number of halogens is 2. The van der Waals surface area contributed by atoms with Crippen LogP contribution in [0.2, 0.25) is 10.0 Å². The number of ketones is 1. The number of hydrogen-bond donors (Lipinski definition) is 0. The fourth-order valence-corrected chi connectivity index (χ4v) is 4.54. The summed E-state index contributed by atoms with van der Waals surface area (Å²) in [5.41, 5.74) is 3.09. The Morgan fingerprint density at radius 3 is 2.07 bits per heavy atom. The van der Waals surface area contributed by atoms with Crippen molar-refractivity contribution in [3.8, 4) is 0 Å². The van der Waals surface area contributed by atoms with E-state index in [0.29, 0.717) is 22.9 Å². The lowest BCUT2D eigenvalue weighted by Crippen LogP contribution is -2.43. The predicted octanol–water partition coefficient (Wildman–Crippen LogP) is 6.16. The van der Waals surface area contributed by atoms with Crippen molar-refractivity contribution in [2.45, 2.75) is 39.0 Å². The summed E-state index contributed by atoms with van der Waals surface area (Å²) in [4.78, 5) is 28.1. The average Bonchev–Trinajstić information content (AvgIpc) is 2.62. The summed E-state index contributed by atoms with van der Waals surface area (Å²) in [5.74, 6) is -0.115. The van der Waals surface area contributed by atoms with Crippen LogP contribution in [0.1, 0.15) is 44.6 Å². The molecule has 4 rings (SSSR count). The van der Waals surface area contributed by atoms with Gasteiger partial charge in [-0.05, 0) is 53.8 Å². The molecule has 0 radical (unpaired) electrons. The van der Waals surface area contributed by atoms with Gasteiger partial charge in [0.15, 0.2) is 5.78 Å². The third-order valence-corrected chi connectivity index (χ3v) is 6.00. The number of benzene rings is 2. The van der Waals surface area contributed by atoms with E-state index in [4.69, 9.17) is 23.2 Å². The first kappa shape index (κ1) is 19.2. The Morgan fingerprint density at radius 1 is 0.893 bits per heavy atom. The van der Waals surface area contributed by atoms with Crippen molar-refractivity contribution in [2.75, 3.05) is 4.90 Å². The predicted molar refractivity (Wildman–Crippen MR) is 113 cm³/mol. The molecule has 0 bridgehead atoms. The number of carbonyl (C=O) groups excluding carboxylic acids is 2. The summed E-state index contributed by atoms with van der Waals surface area (Å²) in [6, 6.07) is 14.6. The summed E-state index contributed by atoms with van der Waals surface area (Å²) in [6.07, 6.45) is 1.42. The molecule has 0 saturated heterocycles. The largest absolute Gasteiger partial charge is 0.294 e. The Labute approximate surface area is 174 Å². The minimum Gasteiger partial charge on any atom is -0.294 e. The van der Waals surface area contributed by atoms with Gasteiger partial charge in [0.25, 0.3) is 0 Å². The van der Waals surface area contributed by atoms with Gasteiger partial charge in [-0.2, -0.15) is 0 Å². The number of anilines is 1. The number of hydrogen-bond acceptors (Lipinski definition) is 2. The summed E-state index contributed by atoms with van der Waals surface area (Å²) >= 11 is 12.1. The maximum absolute atomic E-state index is 13.2. The molecule has 2 aromatic rings. The first-order chi connectivity index (χ1) is 13.2. The van der Waals surface area contributed by atoms with Crippen molar-refractivity contribution in [1.29, 1.82) is 0 Å². The highest BCUT2D eigenvalue weighted by Gasteiger charge is 2.44. The second-order valence-electron chi connectivity index (χ2n) is 8.32. The zero-order chi connectivity index (χ0) is 20.1. The van der Waals surface area contributed by atoms with E-state index in [2.05, 4.69) is 13.8 Å². The van der Waals surface area contributed by atoms with Crippen LogP contribution >= 0.6 is 23.2 Å². The molecule has 1 aliphatic heterocycles. The van der Waals surface area contributed by atoms with Gasteiger partial charge in [0.1, 0.15) is 0 Å². The molecule has 0 fully saturated rings. The fourth-order valence-electron chi connectivity index (χ4n) is 4.28. The molecule has 144 valence electrons. The lowest BCUT2D eigenvalue weighted by molar-refractivity contribution is -0.121. The van der Waals surface area contributed by atoms with Crippen molar-refractivity contribution in [3.05, 3.63) is 75.4 Å². The highest BCUT2D eigenvalue weighted by molar-refractivity contribution is 6.31. The Kier molecular flexibility index (Phi) is 4.84. The van der Waals surface area contributed by atoms with Crippen LogP contribution in [0.3, 0.4) is 0 Å². The standard InChI is InChI=1S/C23H21Cl2NO2/c1-23(2)12-19-22(20(27)13-23)18(14-3-5-15(24)6-4-14)11-21(28)26(19)17-9-7-16(25)8-10-17/h3-10,18H,11-13H2,1-2H3. The van der Waals surface area contributed by atoms with E-state index >= 15 is 0 Å². The molecule has 1 aliphatic carbocycles. The summed E-state index contributed by atoms with van der Waals surface area (Å²) in [5, 5.41) is 1.25. The van der Waals surface area contributed by atoms with Crippen LogP contribution in [0, 0.1) is 5.41 Å². The molecule has 1 atom stereocenters. The topological polar surface area (TPSA) is 37.4 Å². The molecule has 2 aromatic carbocycles. The molecule has 3 nitrogen and oxygen atoms in total. The van der Waals surface area contributed by atoms with Crippen LogP contribution in [0.5, 0.6) is 0 Å². The van der Waals surface area contributed by atoms with Gasteiger partial charge in [-0.25, -0.2) is 0 Å². The second-order valence-corrected chi connectivity index (χ2v) is 9.19. The van der Waals surface area contributed by atoms with E-state index in [-0.39, 0.29) is 29.4 Å². The van der Waals surface area contributed by atoms with Crippen LogP contribution < -0.4 is 4.90 Å². The molecule has 1 unspecified atom stereocenters. The smallest absolute Gasteiger partial charge is 0.232 e. The molecule has 5 heteroatoms. The molecular formula is C23H21Cl2NO2. The van der Waals surface area contributed by atoms with Crippen LogP contribution in [0.15, 0.2) is 59.8 Å². The number of amides is 1. The van der Waals surface area contributed by atoms with Crippen molar-refractivity contribution < 1.29 is 9.59 Å². The van der Waals surface area contributed by atoms with E-state index < -0.39 is 0 Å². The quantitative estimate of drug-likeness (QED) is 0.591. The lowest BCUT2D eigenvalue weighted by Gasteiger charge is -2.43. The SMILES string of the molecule is CC1(C)CC(=O)C2=C(C1)N(c1ccc(Cl)cc1)C(=O)CC2c1ccc(Cl)cc1. The van der Waals surface area contributed by atoms with Crippen LogP contribution in [0.25, 0.3) is 0 Å². The Morgan fingerprint density at radius 2 is 1.46 bits per heavy atom. The maximum atomic E-state index is 13.2. The summed E-state index contributed by atoms with van der Waals surface area (Å²) < 4.78 is 0. The molecule has 0 aromatic heterocycles. The lowest BCUT2D eigenvalue weighted by atomic mass is 9.69. The van der Waals surface area contributed by atoms with Crippen molar-refractivity contribution in [2.24, 2.45) is 5.41 Å². The first-order valence-electron chi connectivity index (χ1n) is 9.35. The van der Waals surface area contributed by atoms with Gasteiger partial charge >= 0.3 is 0 Å². The number of allylic oxidation sites excluding steroid dienone is 2. The van der Waals surface area contributed by atoms with E-state index in [1.807, 2.05) is 36.4 Å². The molecule has 0 saturated carbocycles. The minimum absolute atomic E-state index is 0.00785. The monoisotopic (exact) mass is 413 g/mol. The van der Waals surface area contributed by atoms with Crippen molar-refractivity contribution >= 4 is 40.6 Å². The van der Waals surface area contributed by atoms with Gasteiger partial charge in [0, 0.05) is 45.8 Å². The number of carbonyl (C=O) groups is 2.